The summed E-state index contributed by atoms with van der Waals surface area (Å²) in [5.74, 6) is -12.0. The molecule has 1 rings (SSSR count). The Hall–Kier alpha value is -2.34. The third kappa shape index (κ3) is 6.31. The second kappa shape index (κ2) is 10.6. The fraction of sp³-hybridized carbons (Fsp3) is 0.556. The van der Waals surface area contributed by atoms with Gasteiger partial charge in [-0.2, -0.15) is 43.9 Å². The molecule has 0 aliphatic heterocycles. The summed E-state index contributed by atoms with van der Waals surface area (Å²) in [6.07, 6.45) is -20.1. The van der Waals surface area contributed by atoms with E-state index in [2.05, 4.69) is 14.2 Å². The molecule has 0 radical (unpaired) electrons. The van der Waals surface area contributed by atoms with Gasteiger partial charge in [0.15, 0.2) is 0 Å². The van der Waals surface area contributed by atoms with Crippen LogP contribution < -0.4 is 4.74 Å². The van der Waals surface area contributed by atoms with Crippen molar-refractivity contribution in [2.24, 2.45) is 0 Å². The maximum atomic E-state index is 14.5. The van der Waals surface area contributed by atoms with Crippen molar-refractivity contribution in [1.82, 2.24) is 0 Å². The van der Waals surface area contributed by atoms with Gasteiger partial charge in [0.05, 0.1) is 12.2 Å². The van der Waals surface area contributed by atoms with Crippen molar-refractivity contribution in [3.05, 3.63) is 28.3 Å². The van der Waals surface area contributed by atoms with Crippen LogP contribution in [0.1, 0.15) is 38.3 Å². The van der Waals surface area contributed by atoms with E-state index >= 15 is 0 Å². The van der Waals surface area contributed by atoms with Gasteiger partial charge < -0.3 is 19.7 Å². The normalized spacial score (nSPS) is 14.8. The summed E-state index contributed by atoms with van der Waals surface area (Å²) in [6.45, 7) is 0.813. The van der Waals surface area contributed by atoms with Crippen LogP contribution in [0.5, 0.6) is 5.75 Å². The van der Waals surface area contributed by atoms with E-state index < -0.39 is 76.7 Å². The van der Waals surface area contributed by atoms with E-state index in [4.69, 9.17) is 5.11 Å². The van der Waals surface area contributed by atoms with E-state index in [-0.39, 0.29) is 12.0 Å². The molecule has 0 aliphatic rings. The smallest absolute Gasteiger partial charge is 0.471 e. The Labute approximate surface area is 203 Å². The van der Waals surface area contributed by atoms with Crippen LogP contribution in [0.3, 0.4) is 0 Å². The van der Waals surface area contributed by atoms with Gasteiger partial charge in [0, 0.05) is 18.6 Å². The lowest BCUT2D eigenvalue weighted by Gasteiger charge is -2.34. The van der Waals surface area contributed by atoms with E-state index in [1.165, 1.54) is 0 Å². The zero-order valence-electron chi connectivity index (χ0n) is 17.8. The van der Waals surface area contributed by atoms with Gasteiger partial charge >= 0.3 is 41.0 Å². The second-order valence-electron chi connectivity index (χ2n) is 6.91. The van der Waals surface area contributed by atoms with E-state index in [1.54, 1.807) is 0 Å². The summed E-state index contributed by atoms with van der Waals surface area (Å²) in [5.41, 5.74) is -2.94. The first-order chi connectivity index (χ1) is 16.0. The van der Waals surface area contributed by atoms with Gasteiger partial charge in [0.1, 0.15) is 11.3 Å². The van der Waals surface area contributed by atoms with E-state index in [9.17, 15) is 58.6 Å². The van der Waals surface area contributed by atoms with E-state index in [0.29, 0.717) is 6.07 Å². The Balaban J connectivity index is 3.57. The number of esters is 1. The first-order valence-corrected chi connectivity index (χ1v) is 9.96. The number of aryl methyl sites for hydroxylation is 1. The number of carboxylic acids is 1. The van der Waals surface area contributed by atoms with Crippen molar-refractivity contribution in [3.8, 4) is 5.75 Å². The van der Waals surface area contributed by atoms with Gasteiger partial charge in [0.2, 0.25) is 0 Å². The molecule has 0 aliphatic carbocycles. The molecule has 206 valence electrons. The van der Waals surface area contributed by atoms with Crippen LogP contribution in [-0.2, 0) is 9.47 Å². The molecule has 0 saturated carbocycles. The number of carbonyl (C=O) groups excluding carboxylic acids is 1. The third-order valence-electron chi connectivity index (χ3n) is 4.23. The molecular formula is C18H15BrF10O7. The monoisotopic (exact) mass is 612 g/mol. The van der Waals surface area contributed by atoms with E-state index in [0.717, 1.165) is 29.8 Å². The van der Waals surface area contributed by atoms with Gasteiger partial charge in [-0.25, -0.2) is 9.59 Å². The van der Waals surface area contributed by atoms with Crippen molar-refractivity contribution in [2.75, 3.05) is 13.2 Å². The second-order valence-corrected chi connectivity index (χ2v) is 7.93. The summed E-state index contributed by atoms with van der Waals surface area (Å²) in [7, 11) is 0. The Bertz CT molecular complexity index is 995. The minimum atomic E-state index is -7.15. The lowest BCUT2D eigenvalue weighted by atomic mass is 9.97. The summed E-state index contributed by atoms with van der Waals surface area (Å²) in [6, 6.07) is 0.602. The number of aliphatic hydroxyl groups excluding tert-OH is 1. The number of benzene rings is 1. The van der Waals surface area contributed by atoms with Gasteiger partial charge in [-0.15, -0.1) is 0 Å². The molecule has 7 nitrogen and oxygen atoms in total. The number of ether oxygens (including phenoxy) is 3. The predicted molar refractivity (Wildman–Crippen MR) is 100 cm³/mol. The number of rotatable bonds is 11. The Morgan fingerprint density at radius 3 is 1.94 bits per heavy atom. The molecule has 0 saturated heterocycles. The average Bonchev–Trinajstić information content (AvgIpc) is 2.67. The topological polar surface area (TPSA) is 102 Å². The molecular weight excluding hydrogens is 598 g/mol. The summed E-state index contributed by atoms with van der Waals surface area (Å²) in [4.78, 5) is 23.7. The summed E-state index contributed by atoms with van der Waals surface area (Å²) < 4.78 is 138. The van der Waals surface area contributed by atoms with E-state index in [1.807, 2.05) is 0 Å². The van der Waals surface area contributed by atoms with Crippen molar-refractivity contribution < 1.29 is 77.9 Å². The fourth-order valence-corrected chi connectivity index (χ4v) is 2.81. The minimum Gasteiger partial charge on any atom is -0.478 e. The van der Waals surface area contributed by atoms with Crippen LogP contribution in [0.15, 0.2) is 6.07 Å². The van der Waals surface area contributed by atoms with Gasteiger partial charge in [-0.1, -0.05) is 0 Å². The molecule has 1 unspecified atom stereocenters. The number of carboxylic acid groups (broad SMARTS) is 1. The van der Waals surface area contributed by atoms with Crippen molar-refractivity contribution >= 4 is 27.9 Å². The van der Waals surface area contributed by atoms with Crippen molar-refractivity contribution in [3.63, 3.8) is 0 Å². The number of aliphatic hydroxyl groups is 1. The number of carbonyl (C=O) groups is 2. The number of hydrogen-bond acceptors (Lipinski definition) is 6. The zero-order valence-corrected chi connectivity index (χ0v) is 19.4. The average molecular weight is 613 g/mol. The SMILES string of the molecule is Cc1cc(C(=O)OCCCO)c(OC(F)(F)C(F)(Br)OC(F)(F)C(F)(F)C(F)(F)F)c(C)c1C(=O)O. The Kier molecular flexibility index (Phi) is 9.30. The van der Waals surface area contributed by atoms with Crippen LogP contribution in [0.25, 0.3) is 0 Å². The molecule has 0 aromatic heterocycles. The third-order valence-corrected chi connectivity index (χ3v) is 4.86. The number of alkyl halides is 11. The van der Waals surface area contributed by atoms with Crippen LogP contribution in [0.2, 0.25) is 0 Å². The highest BCUT2D eigenvalue weighted by molar-refractivity contribution is 9.10. The molecule has 1 aromatic rings. The molecule has 0 spiro atoms. The lowest BCUT2D eigenvalue weighted by molar-refractivity contribution is -0.466. The fourth-order valence-electron chi connectivity index (χ4n) is 2.52. The molecule has 0 fully saturated rings. The minimum absolute atomic E-state index is 0.158. The molecule has 2 N–H and O–H groups in total. The summed E-state index contributed by atoms with van der Waals surface area (Å²) in [5, 5.41) is 18.0. The maximum absolute atomic E-state index is 14.5. The number of aromatic carboxylic acids is 1. The maximum Gasteiger partial charge on any atom is 0.471 e. The molecule has 0 bridgehead atoms. The van der Waals surface area contributed by atoms with Crippen LogP contribution >= 0.6 is 15.9 Å². The molecule has 0 amide bonds. The van der Waals surface area contributed by atoms with Crippen molar-refractivity contribution in [2.45, 2.75) is 49.3 Å². The molecule has 18 heteroatoms. The zero-order chi connectivity index (χ0) is 28.5. The summed E-state index contributed by atoms with van der Waals surface area (Å²) >= 11 is 1.15. The van der Waals surface area contributed by atoms with Crippen molar-refractivity contribution in [1.29, 1.82) is 0 Å². The quantitative estimate of drug-likeness (QED) is 0.151. The molecule has 0 heterocycles. The molecule has 1 atom stereocenters. The lowest BCUT2D eigenvalue weighted by Crippen LogP contribution is -2.59. The Morgan fingerprint density at radius 2 is 1.50 bits per heavy atom. The predicted octanol–water partition coefficient (Wildman–Crippen LogP) is 5.34. The van der Waals surface area contributed by atoms with Crippen LogP contribution in [0, 0.1) is 13.8 Å². The van der Waals surface area contributed by atoms with Crippen LogP contribution in [-0.4, -0.2) is 64.4 Å². The first kappa shape index (κ1) is 31.7. The number of halogens is 11. The molecule has 36 heavy (non-hydrogen) atoms. The van der Waals surface area contributed by atoms with Gasteiger partial charge in [-0.05, 0) is 41.4 Å². The molecule has 1 aromatic carbocycles. The standard InChI is InChI=1S/C18H15BrF10O7/c1-7-6-9(13(33)34-5-3-4-30)11(8(2)10(7)12(31)32)35-18(28,29)15(19,22)36-17(26,27)14(20,21)16(23,24)25/h6,30H,3-5H2,1-2H3,(H,31,32). The van der Waals surface area contributed by atoms with Crippen LogP contribution in [0.4, 0.5) is 43.9 Å². The highest BCUT2D eigenvalue weighted by atomic mass is 79.9. The highest BCUT2D eigenvalue weighted by Gasteiger charge is 2.78. The number of hydrogen-bond donors (Lipinski definition) is 2. The van der Waals surface area contributed by atoms with Gasteiger partial charge in [-0.3, -0.25) is 4.74 Å². The Morgan fingerprint density at radius 1 is 0.972 bits per heavy atom. The highest BCUT2D eigenvalue weighted by Crippen LogP contribution is 2.52. The largest absolute Gasteiger partial charge is 0.478 e. The van der Waals surface area contributed by atoms with Gasteiger partial charge in [0.25, 0.3) is 0 Å². The first-order valence-electron chi connectivity index (χ1n) is 9.16.